The van der Waals surface area contributed by atoms with E-state index in [2.05, 4.69) is 10.6 Å². The number of carbonyl (C=O) groups is 3. The fourth-order valence-corrected chi connectivity index (χ4v) is 4.89. The van der Waals surface area contributed by atoms with Crippen molar-refractivity contribution in [1.82, 2.24) is 15.5 Å². The minimum absolute atomic E-state index is 0.0891. The maximum Gasteiger partial charge on any atom is 0.315 e. The molecule has 0 fully saturated rings. The van der Waals surface area contributed by atoms with Gasteiger partial charge in [-0.15, -0.1) is 22.7 Å². The summed E-state index contributed by atoms with van der Waals surface area (Å²) in [7, 11) is 0. The number of amides is 3. The number of urea groups is 1. The molecule has 0 aliphatic carbocycles. The molecule has 0 unspecified atom stereocenters. The Bertz CT molecular complexity index is 1100. The predicted octanol–water partition coefficient (Wildman–Crippen LogP) is 3.58. The summed E-state index contributed by atoms with van der Waals surface area (Å²) in [4.78, 5) is 40.6. The van der Waals surface area contributed by atoms with E-state index in [0.29, 0.717) is 30.2 Å². The number of benzene rings is 1. The van der Waals surface area contributed by atoms with Crippen molar-refractivity contribution in [3.05, 3.63) is 68.5 Å². The Hall–Kier alpha value is -3.57. The zero-order valence-electron chi connectivity index (χ0n) is 18.1. The maximum atomic E-state index is 12.9. The Labute approximate surface area is 203 Å². The van der Waals surface area contributed by atoms with Crippen LogP contribution >= 0.6 is 22.7 Å². The van der Waals surface area contributed by atoms with Crippen LogP contribution in [0.5, 0.6) is 11.5 Å². The van der Waals surface area contributed by atoms with Gasteiger partial charge >= 0.3 is 12.0 Å². The van der Waals surface area contributed by atoms with Gasteiger partial charge in [-0.2, -0.15) is 0 Å². The Morgan fingerprint density at radius 3 is 2.29 bits per heavy atom. The van der Waals surface area contributed by atoms with Crippen molar-refractivity contribution >= 4 is 40.6 Å². The minimum atomic E-state index is -1.07. The standard InChI is InChI=1S/C23H23N3O6S2/c27-21(26(12-16-3-1-7-33-16)13-17-4-2-8-34-17)11-24-23(30)25-18(10-22(28)29)15-5-6-19-20(9-15)32-14-31-19/h1-9,18H,10-14H2,(H,28,29)(H2,24,25,30)/t18-/m1/s1. The molecule has 2 aromatic heterocycles. The van der Waals surface area contributed by atoms with Crippen LogP contribution in [0.4, 0.5) is 4.79 Å². The van der Waals surface area contributed by atoms with Crippen molar-refractivity contribution in [2.75, 3.05) is 13.3 Å². The molecule has 0 spiro atoms. The number of hydrogen-bond donors (Lipinski definition) is 3. The molecule has 11 heteroatoms. The Kier molecular flexibility index (Phi) is 7.65. The number of aliphatic carboxylic acids is 1. The molecule has 1 aliphatic rings. The summed E-state index contributed by atoms with van der Waals surface area (Å²) in [5.74, 6) is -0.264. The van der Waals surface area contributed by atoms with Gasteiger partial charge in [0.25, 0.3) is 0 Å². The largest absolute Gasteiger partial charge is 0.481 e. The molecule has 3 N–H and O–H groups in total. The SMILES string of the molecule is O=C(O)C[C@@H](NC(=O)NCC(=O)N(Cc1cccs1)Cc1cccs1)c1ccc2c(c1)OCO2. The lowest BCUT2D eigenvalue weighted by Crippen LogP contribution is -2.44. The van der Waals surface area contributed by atoms with Crippen LogP contribution in [-0.2, 0) is 22.7 Å². The Morgan fingerprint density at radius 2 is 1.68 bits per heavy atom. The molecule has 4 rings (SSSR count). The van der Waals surface area contributed by atoms with Crippen LogP contribution in [0, 0.1) is 0 Å². The first-order valence-electron chi connectivity index (χ1n) is 10.5. The molecular weight excluding hydrogens is 478 g/mol. The van der Waals surface area contributed by atoms with Gasteiger partial charge in [0.1, 0.15) is 0 Å². The molecule has 1 atom stereocenters. The number of rotatable bonds is 10. The summed E-state index contributed by atoms with van der Waals surface area (Å²) in [5, 5.41) is 18.4. The highest BCUT2D eigenvalue weighted by molar-refractivity contribution is 7.10. The molecule has 3 heterocycles. The van der Waals surface area contributed by atoms with Crippen molar-refractivity contribution in [1.29, 1.82) is 0 Å². The molecule has 34 heavy (non-hydrogen) atoms. The van der Waals surface area contributed by atoms with Crippen LogP contribution in [0.15, 0.2) is 53.2 Å². The highest BCUT2D eigenvalue weighted by atomic mass is 32.1. The molecule has 9 nitrogen and oxygen atoms in total. The summed E-state index contributed by atoms with van der Waals surface area (Å²) >= 11 is 3.12. The number of thiophene rings is 2. The Morgan fingerprint density at radius 1 is 1.00 bits per heavy atom. The second-order valence-electron chi connectivity index (χ2n) is 7.50. The van der Waals surface area contributed by atoms with Gasteiger partial charge in [-0.3, -0.25) is 9.59 Å². The van der Waals surface area contributed by atoms with Crippen molar-refractivity contribution in [2.45, 2.75) is 25.6 Å². The third-order valence-electron chi connectivity index (χ3n) is 5.09. The first-order valence-corrected chi connectivity index (χ1v) is 12.2. The number of carbonyl (C=O) groups excluding carboxylic acids is 2. The van der Waals surface area contributed by atoms with E-state index in [-0.39, 0.29) is 25.7 Å². The van der Waals surface area contributed by atoms with E-state index in [9.17, 15) is 19.5 Å². The first kappa shape index (κ1) is 23.6. The smallest absolute Gasteiger partial charge is 0.315 e. The van der Waals surface area contributed by atoms with E-state index >= 15 is 0 Å². The summed E-state index contributed by atoms with van der Waals surface area (Å²) in [6.07, 6.45) is -0.329. The van der Waals surface area contributed by atoms with Gasteiger partial charge in [-0.25, -0.2) is 4.79 Å². The number of carboxylic acids is 1. The van der Waals surface area contributed by atoms with Gasteiger partial charge in [0.2, 0.25) is 12.7 Å². The van der Waals surface area contributed by atoms with Crippen molar-refractivity contribution in [3.8, 4) is 11.5 Å². The van der Waals surface area contributed by atoms with E-state index in [4.69, 9.17) is 9.47 Å². The Balaban J connectivity index is 1.37. The minimum Gasteiger partial charge on any atom is -0.481 e. The third-order valence-corrected chi connectivity index (χ3v) is 6.81. The quantitative estimate of drug-likeness (QED) is 0.391. The lowest BCUT2D eigenvalue weighted by Gasteiger charge is -2.23. The zero-order chi connectivity index (χ0) is 23.9. The van der Waals surface area contributed by atoms with Gasteiger partial charge in [-0.1, -0.05) is 18.2 Å². The summed E-state index contributed by atoms with van der Waals surface area (Å²) in [6, 6.07) is 11.3. The predicted molar refractivity (Wildman–Crippen MR) is 127 cm³/mol. The molecule has 0 bridgehead atoms. The van der Waals surface area contributed by atoms with Crippen LogP contribution in [0.25, 0.3) is 0 Å². The molecule has 0 saturated heterocycles. The second-order valence-corrected chi connectivity index (χ2v) is 9.56. The molecule has 0 saturated carbocycles. The van der Waals surface area contributed by atoms with Gasteiger partial charge in [-0.05, 0) is 40.6 Å². The molecule has 3 amide bonds. The average Bonchev–Trinajstić information content (AvgIpc) is 3.58. The molecule has 1 aliphatic heterocycles. The molecule has 1 aromatic carbocycles. The highest BCUT2D eigenvalue weighted by Crippen LogP contribution is 2.34. The van der Waals surface area contributed by atoms with Crippen LogP contribution in [0.3, 0.4) is 0 Å². The second kappa shape index (κ2) is 11.0. The van der Waals surface area contributed by atoms with Gasteiger partial charge in [0, 0.05) is 9.75 Å². The lowest BCUT2D eigenvalue weighted by molar-refractivity contribution is -0.137. The first-order chi connectivity index (χ1) is 16.5. The summed E-state index contributed by atoms with van der Waals surface area (Å²) < 4.78 is 10.6. The number of nitrogens with zero attached hydrogens (tertiary/aromatic N) is 1. The van der Waals surface area contributed by atoms with Crippen molar-refractivity contribution < 1.29 is 29.0 Å². The monoisotopic (exact) mass is 501 g/mol. The molecule has 3 aromatic rings. The van der Waals surface area contributed by atoms with Gasteiger partial charge < -0.3 is 30.1 Å². The van der Waals surface area contributed by atoms with Gasteiger partial charge in [0.05, 0.1) is 32.1 Å². The van der Waals surface area contributed by atoms with Crippen molar-refractivity contribution in [3.63, 3.8) is 0 Å². The average molecular weight is 502 g/mol. The fourth-order valence-electron chi connectivity index (χ4n) is 3.45. The van der Waals surface area contributed by atoms with E-state index < -0.39 is 18.0 Å². The highest BCUT2D eigenvalue weighted by Gasteiger charge is 2.23. The number of nitrogens with one attached hydrogen (secondary N) is 2. The molecule has 178 valence electrons. The lowest BCUT2D eigenvalue weighted by atomic mass is 10.0. The van der Waals surface area contributed by atoms with Gasteiger partial charge in [0.15, 0.2) is 11.5 Å². The number of hydrogen-bond acceptors (Lipinski definition) is 7. The van der Waals surface area contributed by atoms with E-state index in [1.54, 1.807) is 45.8 Å². The van der Waals surface area contributed by atoms with E-state index in [1.807, 2.05) is 35.0 Å². The normalized spacial score (nSPS) is 12.7. The fraction of sp³-hybridized carbons (Fsp3) is 0.261. The summed E-state index contributed by atoms with van der Waals surface area (Å²) in [6.45, 7) is 0.752. The zero-order valence-corrected chi connectivity index (χ0v) is 19.7. The van der Waals surface area contributed by atoms with Crippen LogP contribution in [-0.4, -0.2) is 41.3 Å². The van der Waals surface area contributed by atoms with Crippen LogP contribution in [0.1, 0.15) is 27.8 Å². The molecule has 0 radical (unpaired) electrons. The van der Waals surface area contributed by atoms with E-state index in [1.165, 1.54) is 0 Å². The topological polar surface area (TPSA) is 117 Å². The number of carboxylic acid groups (broad SMARTS) is 1. The third kappa shape index (κ3) is 6.27. The number of fused-ring (bicyclic) bond motifs is 1. The molecular formula is C23H23N3O6S2. The van der Waals surface area contributed by atoms with Crippen molar-refractivity contribution in [2.24, 2.45) is 0 Å². The maximum absolute atomic E-state index is 12.9. The van der Waals surface area contributed by atoms with Crippen LogP contribution in [0.2, 0.25) is 0 Å². The number of ether oxygens (including phenoxy) is 2. The van der Waals surface area contributed by atoms with Crippen LogP contribution < -0.4 is 20.1 Å². The van der Waals surface area contributed by atoms with E-state index in [0.717, 1.165) is 9.75 Å². The summed E-state index contributed by atoms with van der Waals surface area (Å²) in [5.41, 5.74) is 0.560.